The molecule has 1 heterocycles. The highest BCUT2D eigenvalue weighted by atomic mass is 32.1. The number of para-hydroxylation sites is 2. The Kier molecular flexibility index (Phi) is 4.19. The zero-order valence-corrected chi connectivity index (χ0v) is 13.5. The zero-order chi connectivity index (χ0) is 14.8. The van der Waals surface area contributed by atoms with E-state index in [2.05, 4.69) is 34.2 Å². The standard InChI is InChI=1S/C16H23N3OS/c1-3-19-11-13(20-15-7-5-4-6-14(15)19)10-18(2)16(21)17-12-8-9-12/h4-7,12-13H,3,8-11H2,1-2H3,(H,17,21)/t13-/m1/s1. The van der Waals surface area contributed by atoms with Gasteiger partial charge in [0.15, 0.2) is 5.11 Å². The Bertz CT molecular complexity index is 518. The van der Waals surface area contributed by atoms with Crippen molar-refractivity contribution in [3.63, 3.8) is 0 Å². The summed E-state index contributed by atoms with van der Waals surface area (Å²) in [5, 5.41) is 4.21. The monoisotopic (exact) mass is 305 g/mol. The lowest BCUT2D eigenvalue weighted by molar-refractivity contribution is 0.168. The Labute approximate surface area is 132 Å². The van der Waals surface area contributed by atoms with Crippen LogP contribution >= 0.6 is 12.2 Å². The first-order chi connectivity index (χ1) is 10.2. The first-order valence-corrected chi connectivity index (χ1v) is 8.10. The first-order valence-electron chi connectivity index (χ1n) is 7.69. The summed E-state index contributed by atoms with van der Waals surface area (Å²) in [5.41, 5.74) is 1.19. The van der Waals surface area contributed by atoms with Gasteiger partial charge in [0.05, 0.1) is 18.8 Å². The molecule has 0 bridgehead atoms. The number of anilines is 1. The summed E-state index contributed by atoms with van der Waals surface area (Å²) in [4.78, 5) is 4.47. The summed E-state index contributed by atoms with van der Waals surface area (Å²) in [6.07, 6.45) is 2.62. The van der Waals surface area contributed by atoms with Gasteiger partial charge in [-0.1, -0.05) is 12.1 Å². The third kappa shape index (κ3) is 3.40. The maximum Gasteiger partial charge on any atom is 0.169 e. The molecule has 3 rings (SSSR count). The fourth-order valence-electron chi connectivity index (χ4n) is 2.67. The molecule has 0 unspecified atom stereocenters. The van der Waals surface area contributed by atoms with E-state index in [0.717, 1.165) is 30.5 Å². The van der Waals surface area contributed by atoms with E-state index in [-0.39, 0.29) is 6.10 Å². The molecule has 1 saturated carbocycles. The van der Waals surface area contributed by atoms with Crippen LogP contribution in [0.2, 0.25) is 0 Å². The predicted octanol–water partition coefficient (Wildman–Crippen LogP) is 2.24. The lowest BCUT2D eigenvalue weighted by atomic mass is 10.2. The minimum atomic E-state index is 0.142. The van der Waals surface area contributed by atoms with Crippen LogP contribution in [0.5, 0.6) is 5.75 Å². The number of ether oxygens (including phenoxy) is 1. The van der Waals surface area contributed by atoms with Gasteiger partial charge < -0.3 is 19.9 Å². The molecule has 1 atom stereocenters. The third-order valence-electron chi connectivity index (χ3n) is 4.03. The number of hydrogen-bond donors (Lipinski definition) is 1. The van der Waals surface area contributed by atoms with Gasteiger partial charge in [-0.05, 0) is 44.1 Å². The minimum Gasteiger partial charge on any atom is -0.485 e. The second-order valence-corrected chi connectivity index (χ2v) is 6.24. The van der Waals surface area contributed by atoms with Gasteiger partial charge in [-0.25, -0.2) is 0 Å². The van der Waals surface area contributed by atoms with E-state index in [1.54, 1.807) is 0 Å². The SMILES string of the molecule is CCN1C[C@@H](CN(C)C(=S)NC2CC2)Oc2ccccc21. The molecule has 1 aromatic carbocycles. The van der Waals surface area contributed by atoms with Crippen molar-refractivity contribution >= 4 is 23.0 Å². The normalized spacial score (nSPS) is 20.5. The fraction of sp³-hybridized carbons (Fsp3) is 0.562. The van der Waals surface area contributed by atoms with Gasteiger partial charge in [0.25, 0.3) is 0 Å². The number of fused-ring (bicyclic) bond motifs is 1. The van der Waals surface area contributed by atoms with Crippen molar-refractivity contribution in [2.75, 3.05) is 31.6 Å². The molecule has 0 spiro atoms. The van der Waals surface area contributed by atoms with Crippen LogP contribution in [0.25, 0.3) is 0 Å². The Balaban J connectivity index is 1.63. The number of rotatable bonds is 4. The van der Waals surface area contributed by atoms with Crippen LogP contribution in [0.15, 0.2) is 24.3 Å². The highest BCUT2D eigenvalue weighted by molar-refractivity contribution is 7.80. The van der Waals surface area contributed by atoms with Crippen molar-refractivity contribution in [2.24, 2.45) is 0 Å². The average Bonchev–Trinajstić information content (AvgIpc) is 3.30. The van der Waals surface area contributed by atoms with Crippen molar-refractivity contribution < 1.29 is 4.74 Å². The van der Waals surface area contributed by atoms with Crippen LogP contribution in [-0.4, -0.2) is 48.8 Å². The van der Waals surface area contributed by atoms with Crippen LogP contribution in [0.1, 0.15) is 19.8 Å². The molecule has 1 fully saturated rings. The fourth-order valence-corrected chi connectivity index (χ4v) is 2.92. The topological polar surface area (TPSA) is 27.7 Å². The lowest BCUT2D eigenvalue weighted by Gasteiger charge is -2.37. The molecular weight excluding hydrogens is 282 g/mol. The maximum atomic E-state index is 6.13. The first kappa shape index (κ1) is 14.4. The minimum absolute atomic E-state index is 0.142. The highest BCUT2D eigenvalue weighted by Gasteiger charge is 2.27. The van der Waals surface area contributed by atoms with Crippen molar-refractivity contribution in [1.29, 1.82) is 0 Å². The Morgan fingerprint density at radius 3 is 2.90 bits per heavy atom. The molecular formula is C16H23N3OS. The second-order valence-electron chi connectivity index (χ2n) is 5.85. The van der Waals surface area contributed by atoms with E-state index in [0.29, 0.717) is 6.04 Å². The second kappa shape index (κ2) is 6.10. The largest absolute Gasteiger partial charge is 0.485 e. The molecule has 21 heavy (non-hydrogen) atoms. The van der Waals surface area contributed by atoms with E-state index in [1.807, 2.05) is 19.2 Å². The summed E-state index contributed by atoms with van der Waals surface area (Å²) in [6.45, 7) is 4.89. The molecule has 2 aliphatic rings. The lowest BCUT2D eigenvalue weighted by Crippen LogP contribution is -2.49. The van der Waals surface area contributed by atoms with Crippen molar-refractivity contribution in [3.05, 3.63) is 24.3 Å². The number of nitrogens with one attached hydrogen (secondary N) is 1. The van der Waals surface area contributed by atoms with Gasteiger partial charge in [-0.2, -0.15) is 0 Å². The van der Waals surface area contributed by atoms with E-state index in [9.17, 15) is 0 Å². The molecule has 1 aliphatic heterocycles. The van der Waals surface area contributed by atoms with Crippen LogP contribution in [-0.2, 0) is 0 Å². The summed E-state index contributed by atoms with van der Waals surface area (Å²) in [5.74, 6) is 0.977. The number of hydrogen-bond acceptors (Lipinski definition) is 3. The van der Waals surface area contributed by atoms with Gasteiger partial charge in [0, 0.05) is 19.6 Å². The quantitative estimate of drug-likeness (QED) is 0.861. The van der Waals surface area contributed by atoms with E-state index >= 15 is 0 Å². The average molecular weight is 305 g/mol. The van der Waals surface area contributed by atoms with Crippen LogP contribution in [0.3, 0.4) is 0 Å². The molecule has 5 heteroatoms. The summed E-state index contributed by atoms with van der Waals surface area (Å²) >= 11 is 5.44. The maximum absolute atomic E-state index is 6.13. The summed E-state index contributed by atoms with van der Waals surface area (Å²) in [7, 11) is 2.04. The van der Waals surface area contributed by atoms with Crippen LogP contribution in [0, 0.1) is 0 Å². The number of benzene rings is 1. The highest BCUT2D eigenvalue weighted by Crippen LogP contribution is 2.32. The molecule has 0 amide bonds. The molecule has 0 radical (unpaired) electrons. The van der Waals surface area contributed by atoms with Crippen molar-refractivity contribution in [1.82, 2.24) is 10.2 Å². The van der Waals surface area contributed by atoms with Crippen LogP contribution in [0.4, 0.5) is 5.69 Å². The van der Waals surface area contributed by atoms with Gasteiger partial charge >= 0.3 is 0 Å². The number of likely N-dealkylation sites (N-methyl/N-ethyl adjacent to an activating group) is 2. The Morgan fingerprint density at radius 2 is 2.19 bits per heavy atom. The molecule has 4 nitrogen and oxygen atoms in total. The van der Waals surface area contributed by atoms with Crippen LogP contribution < -0.4 is 15.0 Å². The van der Waals surface area contributed by atoms with Crippen molar-refractivity contribution in [2.45, 2.75) is 31.9 Å². The molecule has 1 aliphatic carbocycles. The number of thiocarbonyl (C=S) groups is 1. The predicted molar refractivity (Wildman–Crippen MR) is 90.1 cm³/mol. The van der Waals surface area contributed by atoms with Crippen molar-refractivity contribution in [3.8, 4) is 5.75 Å². The Morgan fingerprint density at radius 1 is 1.43 bits per heavy atom. The number of nitrogens with zero attached hydrogens (tertiary/aromatic N) is 2. The van der Waals surface area contributed by atoms with E-state index < -0.39 is 0 Å². The molecule has 1 aromatic rings. The van der Waals surface area contributed by atoms with Gasteiger partial charge in [0.2, 0.25) is 0 Å². The summed E-state index contributed by atoms with van der Waals surface area (Å²) in [6, 6.07) is 8.85. The Hall–Kier alpha value is -1.49. The van der Waals surface area contributed by atoms with E-state index in [1.165, 1.54) is 18.5 Å². The molecule has 1 N–H and O–H groups in total. The van der Waals surface area contributed by atoms with E-state index in [4.69, 9.17) is 17.0 Å². The zero-order valence-electron chi connectivity index (χ0n) is 12.7. The van der Waals surface area contributed by atoms with Gasteiger partial charge in [-0.3, -0.25) is 0 Å². The molecule has 114 valence electrons. The molecule has 0 saturated heterocycles. The smallest absolute Gasteiger partial charge is 0.169 e. The summed E-state index contributed by atoms with van der Waals surface area (Å²) < 4.78 is 6.13. The van der Waals surface area contributed by atoms with Gasteiger partial charge in [0.1, 0.15) is 11.9 Å². The van der Waals surface area contributed by atoms with Gasteiger partial charge in [-0.15, -0.1) is 0 Å². The third-order valence-corrected chi connectivity index (χ3v) is 4.46. The molecule has 0 aromatic heterocycles.